The number of nitrogens with zero attached hydrogens (tertiary/aromatic N) is 2. The monoisotopic (exact) mass is 627 g/mol. The highest BCUT2D eigenvalue weighted by Gasteiger charge is 2.33. The molecule has 1 unspecified atom stereocenters. The number of amides is 2. The summed E-state index contributed by atoms with van der Waals surface area (Å²) in [6, 6.07) is 23.4. The first-order valence-electron chi connectivity index (χ1n) is 13.5. The molecule has 3 rings (SSSR count). The lowest BCUT2D eigenvalue weighted by Crippen LogP contribution is -2.53. The maximum absolute atomic E-state index is 14.1. The summed E-state index contributed by atoms with van der Waals surface area (Å²) in [5, 5.41) is 3.00. The lowest BCUT2D eigenvalue weighted by molar-refractivity contribution is -0.140. The van der Waals surface area contributed by atoms with Gasteiger partial charge in [-0.25, -0.2) is 8.42 Å². The summed E-state index contributed by atoms with van der Waals surface area (Å²) in [6.45, 7) is 4.22. The molecule has 40 heavy (non-hydrogen) atoms. The maximum Gasteiger partial charge on any atom is 0.244 e. The van der Waals surface area contributed by atoms with Crippen LogP contribution < -0.4 is 9.62 Å². The largest absolute Gasteiger partial charge is 0.354 e. The molecule has 9 heteroatoms. The summed E-state index contributed by atoms with van der Waals surface area (Å²) in [6.07, 6.45) is 3.75. The van der Waals surface area contributed by atoms with Crippen LogP contribution in [0.5, 0.6) is 0 Å². The summed E-state index contributed by atoms with van der Waals surface area (Å²) in [5.41, 5.74) is 3.02. The summed E-state index contributed by atoms with van der Waals surface area (Å²) in [7, 11) is -3.80. The molecule has 1 N–H and O–H groups in total. The summed E-state index contributed by atoms with van der Waals surface area (Å²) in [4.78, 5) is 29.3. The van der Waals surface area contributed by atoms with Gasteiger partial charge in [-0.1, -0.05) is 96.9 Å². The van der Waals surface area contributed by atoms with Crippen LogP contribution in [0, 0.1) is 0 Å². The van der Waals surface area contributed by atoms with Gasteiger partial charge in [0.2, 0.25) is 21.8 Å². The van der Waals surface area contributed by atoms with Gasteiger partial charge in [0.25, 0.3) is 0 Å². The van der Waals surface area contributed by atoms with E-state index in [9.17, 15) is 18.0 Å². The second-order valence-electron chi connectivity index (χ2n) is 9.75. The fraction of sp³-hybridized carbons (Fsp3) is 0.355. The van der Waals surface area contributed by atoms with Crippen molar-refractivity contribution in [2.45, 2.75) is 52.1 Å². The number of halogens is 1. The number of nitrogens with one attached hydrogen (secondary N) is 1. The molecule has 2 amide bonds. The van der Waals surface area contributed by atoms with Crippen LogP contribution in [0.2, 0.25) is 0 Å². The minimum absolute atomic E-state index is 0.151. The summed E-state index contributed by atoms with van der Waals surface area (Å²) < 4.78 is 28.0. The van der Waals surface area contributed by atoms with E-state index in [-0.39, 0.29) is 12.5 Å². The number of carbonyl (C=O) groups excluding carboxylic acids is 2. The molecule has 0 spiro atoms. The highest BCUT2D eigenvalue weighted by Crippen LogP contribution is 2.25. The van der Waals surface area contributed by atoms with Gasteiger partial charge in [0.15, 0.2) is 0 Å². The van der Waals surface area contributed by atoms with Crippen molar-refractivity contribution >= 4 is 43.5 Å². The number of sulfonamides is 1. The van der Waals surface area contributed by atoms with Crippen LogP contribution >= 0.6 is 15.9 Å². The van der Waals surface area contributed by atoms with Crippen molar-refractivity contribution in [1.82, 2.24) is 10.2 Å². The molecule has 214 valence electrons. The topological polar surface area (TPSA) is 86.8 Å². The van der Waals surface area contributed by atoms with Crippen molar-refractivity contribution in [2.24, 2.45) is 0 Å². The minimum atomic E-state index is -3.80. The van der Waals surface area contributed by atoms with Crippen molar-refractivity contribution in [3.8, 4) is 0 Å². The van der Waals surface area contributed by atoms with E-state index in [1.165, 1.54) is 4.90 Å². The predicted octanol–water partition coefficient (Wildman–Crippen LogP) is 5.33. The zero-order valence-corrected chi connectivity index (χ0v) is 25.7. The third-order valence-corrected chi connectivity index (χ3v) is 8.34. The SMILES string of the molecule is CCCCNC(=O)C(Cc1ccccc1)N(Cc1ccc(Br)cc1)C(=O)CN(c1ccccc1CC)S(C)(=O)=O. The lowest BCUT2D eigenvalue weighted by Gasteiger charge is -2.34. The Kier molecular flexibility index (Phi) is 11.8. The van der Waals surface area contributed by atoms with Crippen molar-refractivity contribution in [3.63, 3.8) is 0 Å². The highest BCUT2D eigenvalue weighted by molar-refractivity contribution is 9.10. The Morgan fingerprint density at radius 1 is 0.900 bits per heavy atom. The fourth-order valence-corrected chi connectivity index (χ4v) is 5.64. The molecule has 0 aliphatic rings. The van der Waals surface area contributed by atoms with Crippen molar-refractivity contribution < 1.29 is 18.0 Å². The second-order valence-corrected chi connectivity index (χ2v) is 12.6. The smallest absolute Gasteiger partial charge is 0.244 e. The molecule has 0 saturated carbocycles. The zero-order chi connectivity index (χ0) is 29.1. The normalized spacial score (nSPS) is 12.0. The number of hydrogen-bond acceptors (Lipinski definition) is 4. The van der Waals surface area contributed by atoms with Gasteiger partial charge in [-0.05, 0) is 47.7 Å². The first-order chi connectivity index (χ1) is 19.1. The minimum Gasteiger partial charge on any atom is -0.354 e. The third-order valence-electron chi connectivity index (χ3n) is 6.69. The van der Waals surface area contributed by atoms with Crippen LogP contribution in [0.1, 0.15) is 43.4 Å². The molecule has 0 aliphatic carbocycles. The second kappa shape index (κ2) is 15.0. The van der Waals surface area contributed by atoms with E-state index in [0.29, 0.717) is 25.1 Å². The Hall–Kier alpha value is -3.17. The Bertz CT molecular complexity index is 1360. The molecule has 0 fully saturated rings. The molecule has 7 nitrogen and oxygen atoms in total. The van der Waals surface area contributed by atoms with E-state index in [0.717, 1.165) is 44.6 Å². The number of hydrogen-bond donors (Lipinski definition) is 1. The third kappa shape index (κ3) is 8.93. The number of para-hydroxylation sites is 1. The van der Waals surface area contributed by atoms with Gasteiger partial charge in [0, 0.05) is 24.0 Å². The average molecular weight is 629 g/mol. The van der Waals surface area contributed by atoms with Crippen molar-refractivity contribution in [3.05, 3.63) is 100 Å². The lowest BCUT2D eigenvalue weighted by atomic mass is 10.0. The van der Waals surface area contributed by atoms with Crippen LogP contribution in [-0.2, 0) is 39.0 Å². The number of unbranched alkanes of at least 4 members (excludes halogenated alkanes) is 1. The Balaban J connectivity index is 2.05. The fourth-order valence-electron chi connectivity index (χ4n) is 4.49. The van der Waals surface area contributed by atoms with E-state index in [1.54, 1.807) is 12.1 Å². The summed E-state index contributed by atoms with van der Waals surface area (Å²) in [5.74, 6) is -0.714. The molecule has 0 aliphatic heterocycles. The molecule has 3 aromatic rings. The average Bonchev–Trinajstić information content (AvgIpc) is 2.94. The Morgan fingerprint density at radius 3 is 2.17 bits per heavy atom. The number of benzene rings is 3. The number of carbonyl (C=O) groups is 2. The predicted molar refractivity (Wildman–Crippen MR) is 165 cm³/mol. The molecule has 3 aromatic carbocycles. The van der Waals surface area contributed by atoms with Crippen LogP contribution in [0.25, 0.3) is 0 Å². The van der Waals surface area contributed by atoms with Crippen LogP contribution in [0.3, 0.4) is 0 Å². The standard InChI is InChI=1S/C31H38BrN3O4S/c1-4-6-20-33-31(37)29(21-24-12-8-7-9-13-24)34(22-25-16-18-27(32)19-17-25)30(36)23-35(40(3,38)39)28-15-11-10-14-26(28)5-2/h7-19,29H,4-6,20-23H2,1-3H3,(H,33,37). The van der Waals surface area contributed by atoms with Crippen LogP contribution in [0.15, 0.2) is 83.3 Å². The van der Waals surface area contributed by atoms with Gasteiger partial charge in [-0.15, -0.1) is 0 Å². The molecule has 0 radical (unpaired) electrons. The Labute approximate surface area is 246 Å². The first kappa shape index (κ1) is 31.4. The highest BCUT2D eigenvalue weighted by atomic mass is 79.9. The van der Waals surface area contributed by atoms with E-state index in [1.807, 2.05) is 80.6 Å². The van der Waals surface area contributed by atoms with Gasteiger partial charge in [0.1, 0.15) is 12.6 Å². The summed E-state index contributed by atoms with van der Waals surface area (Å²) >= 11 is 3.45. The van der Waals surface area contributed by atoms with Crippen molar-refractivity contribution in [1.29, 1.82) is 0 Å². The quantitative estimate of drug-likeness (QED) is 0.245. The molecular weight excluding hydrogens is 590 g/mol. The molecule has 1 atom stereocenters. The molecule has 0 heterocycles. The first-order valence-corrected chi connectivity index (χ1v) is 16.2. The number of rotatable bonds is 14. The number of anilines is 1. The van der Waals surface area contributed by atoms with Gasteiger partial charge >= 0.3 is 0 Å². The van der Waals surface area contributed by atoms with E-state index in [4.69, 9.17) is 0 Å². The molecule has 0 bridgehead atoms. The molecule has 0 aromatic heterocycles. The maximum atomic E-state index is 14.1. The molecular formula is C31H38BrN3O4S. The van der Waals surface area contributed by atoms with Gasteiger partial charge < -0.3 is 10.2 Å². The van der Waals surface area contributed by atoms with Gasteiger partial charge in [-0.2, -0.15) is 0 Å². The molecule has 0 saturated heterocycles. The van der Waals surface area contributed by atoms with Crippen LogP contribution in [0.4, 0.5) is 5.69 Å². The number of aryl methyl sites for hydroxylation is 1. The van der Waals surface area contributed by atoms with E-state index < -0.39 is 28.5 Å². The van der Waals surface area contributed by atoms with Crippen LogP contribution in [-0.4, -0.2) is 50.5 Å². The Morgan fingerprint density at radius 2 is 1.55 bits per heavy atom. The van der Waals surface area contributed by atoms with Crippen molar-refractivity contribution in [2.75, 3.05) is 23.7 Å². The van der Waals surface area contributed by atoms with E-state index >= 15 is 0 Å². The van der Waals surface area contributed by atoms with E-state index in [2.05, 4.69) is 21.2 Å². The van der Waals surface area contributed by atoms with Gasteiger partial charge in [0.05, 0.1) is 11.9 Å². The van der Waals surface area contributed by atoms with Gasteiger partial charge in [-0.3, -0.25) is 13.9 Å². The zero-order valence-electron chi connectivity index (χ0n) is 23.3.